The first-order valence-corrected chi connectivity index (χ1v) is 7.59. The zero-order valence-corrected chi connectivity index (χ0v) is 13.3. The molecule has 5 heteroatoms. The molecule has 0 bridgehead atoms. The average molecular weight is 336 g/mol. The molecule has 3 rings (SSSR count). The van der Waals surface area contributed by atoms with E-state index in [1.807, 2.05) is 24.0 Å². The quantitative estimate of drug-likeness (QED) is 0.935. The van der Waals surface area contributed by atoms with Gasteiger partial charge >= 0.3 is 0 Å². The fourth-order valence-corrected chi connectivity index (χ4v) is 3.38. The fraction of sp³-hybridized carbons (Fsp3) is 0.400. The number of aromatic nitrogens is 2. The highest BCUT2D eigenvalue weighted by molar-refractivity contribution is 9.10. The first-order valence-electron chi connectivity index (χ1n) is 6.80. The topological polar surface area (TPSA) is 39.1 Å². The van der Waals surface area contributed by atoms with Gasteiger partial charge in [0.15, 0.2) is 0 Å². The van der Waals surface area contributed by atoms with Crippen LogP contribution in [-0.2, 0) is 7.05 Å². The second-order valence-corrected chi connectivity index (χ2v) is 5.92. The Balaban J connectivity index is 2.04. The third kappa shape index (κ3) is 2.36. The number of methoxy groups -OCH3 is 1. The second kappa shape index (κ2) is 5.58. The van der Waals surface area contributed by atoms with Gasteiger partial charge < -0.3 is 10.1 Å². The molecule has 0 amide bonds. The summed E-state index contributed by atoms with van der Waals surface area (Å²) in [6, 6.07) is 6.56. The van der Waals surface area contributed by atoms with Crippen molar-refractivity contribution in [2.75, 3.05) is 13.7 Å². The van der Waals surface area contributed by atoms with Crippen molar-refractivity contribution in [1.29, 1.82) is 0 Å². The Kier molecular flexibility index (Phi) is 3.81. The summed E-state index contributed by atoms with van der Waals surface area (Å²) in [5, 5.41) is 7.99. The summed E-state index contributed by atoms with van der Waals surface area (Å²) in [5.74, 6) is 0.846. The van der Waals surface area contributed by atoms with E-state index in [-0.39, 0.29) is 0 Å². The van der Waals surface area contributed by atoms with Crippen molar-refractivity contribution in [3.8, 4) is 16.9 Å². The van der Waals surface area contributed by atoms with E-state index in [1.54, 1.807) is 7.11 Å². The first-order chi connectivity index (χ1) is 9.70. The Morgan fingerprint density at radius 1 is 1.45 bits per heavy atom. The van der Waals surface area contributed by atoms with Crippen LogP contribution in [0.1, 0.15) is 24.6 Å². The Hall–Kier alpha value is -1.33. The molecular weight excluding hydrogens is 318 g/mol. The third-order valence-corrected chi connectivity index (χ3v) is 4.46. The highest BCUT2D eigenvalue weighted by Crippen LogP contribution is 2.35. The van der Waals surface area contributed by atoms with Gasteiger partial charge in [-0.2, -0.15) is 5.10 Å². The van der Waals surface area contributed by atoms with Crippen LogP contribution in [0.2, 0.25) is 0 Å². The molecule has 1 aliphatic heterocycles. The minimum atomic E-state index is 0.401. The average Bonchev–Trinajstić information content (AvgIpc) is 3.07. The molecule has 1 atom stereocenters. The van der Waals surface area contributed by atoms with Crippen LogP contribution in [0, 0.1) is 0 Å². The molecule has 4 nitrogen and oxygen atoms in total. The summed E-state index contributed by atoms with van der Waals surface area (Å²) in [5.41, 5.74) is 3.62. The van der Waals surface area contributed by atoms with E-state index in [9.17, 15) is 0 Å². The van der Waals surface area contributed by atoms with E-state index >= 15 is 0 Å². The Morgan fingerprint density at radius 3 is 2.95 bits per heavy atom. The highest BCUT2D eigenvalue weighted by Gasteiger charge is 2.23. The van der Waals surface area contributed by atoms with E-state index in [1.165, 1.54) is 24.1 Å². The number of halogens is 1. The van der Waals surface area contributed by atoms with Crippen LogP contribution in [0.25, 0.3) is 11.1 Å². The summed E-state index contributed by atoms with van der Waals surface area (Å²) in [6.07, 6.45) is 4.34. The fourth-order valence-electron chi connectivity index (χ4n) is 2.83. The monoisotopic (exact) mass is 335 g/mol. The number of hydrogen-bond donors (Lipinski definition) is 1. The van der Waals surface area contributed by atoms with E-state index in [2.05, 4.69) is 38.5 Å². The van der Waals surface area contributed by atoms with Crippen LogP contribution in [0.5, 0.6) is 5.75 Å². The number of nitrogens with one attached hydrogen (secondary N) is 1. The maximum Gasteiger partial charge on any atom is 0.133 e. The number of benzene rings is 1. The minimum absolute atomic E-state index is 0.401. The predicted molar refractivity (Wildman–Crippen MR) is 82.9 cm³/mol. The first kappa shape index (κ1) is 13.6. The summed E-state index contributed by atoms with van der Waals surface area (Å²) in [6.45, 7) is 1.08. The number of hydrogen-bond acceptors (Lipinski definition) is 3. The summed E-state index contributed by atoms with van der Waals surface area (Å²) in [4.78, 5) is 0. The summed E-state index contributed by atoms with van der Waals surface area (Å²) < 4.78 is 8.24. The molecule has 0 saturated carbocycles. The zero-order chi connectivity index (χ0) is 14.1. The molecule has 2 aromatic rings. The Morgan fingerprint density at radius 2 is 2.30 bits per heavy atom. The van der Waals surface area contributed by atoms with Gasteiger partial charge in [0, 0.05) is 18.7 Å². The zero-order valence-electron chi connectivity index (χ0n) is 11.7. The molecule has 20 heavy (non-hydrogen) atoms. The van der Waals surface area contributed by atoms with Crippen LogP contribution in [0.4, 0.5) is 0 Å². The lowest BCUT2D eigenvalue weighted by atomic mass is 10.0. The van der Waals surface area contributed by atoms with E-state index in [0.717, 1.165) is 22.3 Å². The van der Waals surface area contributed by atoms with Crippen molar-refractivity contribution in [1.82, 2.24) is 15.1 Å². The number of ether oxygens (including phenoxy) is 1. The van der Waals surface area contributed by atoms with Crippen LogP contribution in [0.15, 0.2) is 28.9 Å². The molecule has 1 aromatic carbocycles. The van der Waals surface area contributed by atoms with Crippen molar-refractivity contribution in [2.24, 2.45) is 7.05 Å². The van der Waals surface area contributed by atoms with Crippen LogP contribution < -0.4 is 10.1 Å². The lowest BCUT2D eigenvalue weighted by molar-refractivity contribution is 0.412. The standard InChI is InChI=1S/C15H18BrN3O/c1-19-15(13-4-3-7-17-13)11(9-18-19)10-5-6-14(20-2)12(16)8-10/h5-6,8-9,13,17H,3-4,7H2,1-2H3. The third-order valence-electron chi connectivity index (χ3n) is 3.84. The maximum atomic E-state index is 5.29. The van der Waals surface area contributed by atoms with Gasteiger partial charge in [-0.05, 0) is 53.0 Å². The van der Waals surface area contributed by atoms with Crippen molar-refractivity contribution < 1.29 is 4.74 Å². The highest BCUT2D eigenvalue weighted by atomic mass is 79.9. The predicted octanol–water partition coefficient (Wildman–Crippen LogP) is 3.28. The smallest absolute Gasteiger partial charge is 0.133 e. The minimum Gasteiger partial charge on any atom is -0.496 e. The second-order valence-electron chi connectivity index (χ2n) is 5.07. The van der Waals surface area contributed by atoms with Crippen LogP contribution in [0.3, 0.4) is 0 Å². The van der Waals surface area contributed by atoms with E-state index < -0.39 is 0 Å². The molecule has 1 aromatic heterocycles. The van der Waals surface area contributed by atoms with Gasteiger partial charge in [-0.3, -0.25) is 4.68 Å². The van der Waals surface area contributed by atoms with Crippen molar-refractivity contribution in [3.63, 3.8) is 0 Å². The molecule has 0 aliphatic carbocycles. The van der Waals surface area contributed by atoms with Gasteiger partial charge in [-0.25, -0.2) is 0 Å². The van der Waals surface area contributed by atoms with E-state index in [4.69, 9.17) is 4.74 Å². The SMILES string of the molecule is COc1ccc(-c2cnn(C)c2C2CCCN2)cc1Br. The molecule has 1 saturated heterocycles. The van der Waals surface area contributed by atoms with Crippen molar-refractivity contribution in [3.05, 3.63) is 34.6 Å². The molecule has 1 aliphatic rings. The number of rotatable bonds is 3. The number of aryl methyl sites for hydroxylation is 1. The molecule has 0 radical (unpaired) electrons. The van der Waals surface area contributed by atoms with Crippen molar-refractivity contribution in [2.45, 2.75) is 18.9 Å². The molecule has 106 valence electrons. The Labute approximate surface area is 127 Å². The molecular formula is C15H18BrN3O. The molecule has 2 heterocycles. The lowest BCUT2D eigenvalue weighted by Crippen LogP contribution is -2.17. The van der Waals surface area contributed by atoms with Crippen LogP contribution >= 0.6 is 15.9 Å². The summed E-state index contributed by atoms with van der Waals surface area (Å²) in [7, 11) is 3.69. The van der Waals surface area contributed by atoms with Gasteiger partial charge in [-0.1, -0.05) is 6.07 Å². The summed E-state index contributed by atoms with van der Waals surface area (Å²) >= 11 is 3.55. The molecule has 1 N–H and O–H groups in total. The molecule has 0 spiro atoms. The maximum absolute atomic E-state index is 5.29. The van der Waals surface area contributed by atoms with E-state index in [0.29, 0.717) is 6.04 Å². The molecule has 1 unspecified atom stereocenters. The largest absolute Gasteiger partial charge is 0.496 e. The molecule has 1 fully saturated rings. The Bertz CT molecular complexity index is 618. The normalized spacial score (nSPS) is 18.4. The lowest BCUT2D eigenvalue weighted by Gasteiger charge is -2.14. The van der Waals surface area contributed by atoms with Gasteiger partial charge in [0.2, 0.25) is 0 Å². The van der Waals surface area contributed by atoms with Gasteiger partial charge in [0.05, 0.1) is 23.5 Å². The van der Waals surface area contributed by atoms with Crippen LogP contribution in [-0.4, -0.2) is 23.4 Å². The van der Waals surface area contributed by atoms with Gasteiger partial charge in [0.1, 0.15) is 5.75 Å². The number of nitrogens with zero attached hydrogens (tertiary/aromatic N) is 2. The van der Waals surface area contributed by atoms with Crippen molar-refractivity contribution >= 4 is 15.9 Å². The van der Waals surface area contributed by atoms with Gasteiger partial charge in [-0.15, -0.1) is 0 Å². The van der Waals surface area contributed by atoms with Gasteiger partial charge in [0.25, 0.3) is 0 Å².